The van der Waals surface area contributed by atoms with Gasteiger partial charge in [-0.1, -0.05) is 22.0 Å². The van der Waals surface area contributed by atoms with Gasteiger partial charge in [0, 0.05) is 17.1 Å². The van der Waals surface area contributed by atoms with E-state index in [0.717, 1.165) is 15.9 Å². The van der Waals surface area contributed by atoms with Crippen molar-refractivity contribution in [3.63, 3.8) is 0 Å². The standard InChI is InChI=1S/C10H10BrN3S/c1-6-5-7(3-4-8(6)11)9-12-13-10(15)14(9)2/h3-5H,1-2H3,(H,13,15). The summed E-state index contributed by atoms with van der Waals surface area (Å²) in [5, 5.41) is 6.96. The Morgan fingerprint density at radius 2 is 2.20 bits per heavy atom. The molecule has 1 heterocycles. The van der Waals surface area contributed by atoms with E-state index in [1.54, 1.807) is 0 Å². The first-order chi connectivity index (χ1) is 7.09. The molecular formula is C10H10BrN3S. The zero-order valence-electron chi connectivity index (χ0n) is 8.41. The molecule has 5 heteroatoms. The monoisotopic (exact) mass is 283 g/mol. The molecule has 0 spiro atoms. The molecule has 1 aromatic heterocycles. The van der Waals surface area contributed by atoms with E-state index in [1.165, 1.54) is 5.56 Å². The maximum atomic E-state index is 5.07. The molecule has 2 aromatic rings. The highest BCUT2D eigenvalue weighted by Crippen LogP contribution is 2.23. The molecule has 0 aliphatic rings. The summed E-state index contributed by atoms with van der Waals surface area (Å²) in [6, 6.07) is 6.11. The number of aromatic nitrogens is 3. The van der Waals surface area contributed by atoms with Crippen molar-refractivity contribution in [2.45, 2.75) is 6.92 Å². The van der Waals surface area contributed by atoms with Crippen LogP contribution in [0.25, 0.3) is 11.4 Å². The maximum absolute atomic E-state index is 5.07. The molecule has 0 aliphatic heterocycles. The Hall–Kier alpha value is -0.940. The van der Waals surface area contributed by atoms with Crippen molar-refractivity contribution in [3.8, 4) is 11.4 Å². The van der Waals surface area contributed by atoms with Gasteiger partial charge in [0.05, 0.1) is 0 Å². The number of H-pyrrole nitrogens is 1. The summed E-state index contributed by atoms with van der Waals surface area (Å²) in [6.07, 6.45) is 0. The van der Waals surface area contributed by atoms with E-state index in [-0.39, 0.29) is 0 Å². The molecule has 0 amide bonds. The number of aryl methyl sites for hydroxylation is 1. The zero-order chi connectivity index (χ0) is 11.0. The van der Waals surface area contributed by atoms with Gasteiger partial charge >= 0.3 is 0 Å². The number of nitrogens with zero attached hydrogens (tertiary/aromatic N) is 2. The first kappa shape index (κ1) is 10.6. The smallest absolute Gasteiger partial charge is 0.195 e. The van der Waals surface area contributed by atoms with Gasteiger partial charge in [-0.3, -0.25) is 5.10 Å². The van der Waals surface area contributed by atoms with E-state index in [4.69, 9.17) is 12.2 Å². The lowest BCUT2D eigenvalue weighted by atomic mass is 10.1. The predicted octanol–water partition coefficient (Wildman–Crippen LogP) is 3.22. The molecule has 0 unspecified atom stereocenters. The number of benzene rings is 1. The molecule has 1 aromatic carbocycles. The topological polar surface area (TPSA) is 33.6 Å². The highest BCUT2D eigenvalue weighted by atomic mass is 79.9. The van der Waals surface area contributed by atoms with Crippen LogP contribution < -0.4 is 0 Å². The van der Waals surface area contributed by atoms with Crippen LogP contribution in [0.5, 0.6) is 0 Å². The largest absolute Gasteiger partial charge is 0.303 e. The van der Waals surface area contributed by atoms with Gasteiger partial charge in [-0.25, -0.2) is 0 Å². The van der Waals surface area contributed by atoms with Crippen LogP contribution in [0.2, 0.25) is 0 Å². The minimum absolute atomic E-state index is 0.630. The van der Waals surface area contributed by atoms with Crippen LogP contribution in [0.1, 0.15) is 5.56 Å². The summed E-state index contributed by atoms with van der Waals surface area (Å²) in [5.41, 5.74) is 2.24. The second-order valence-electron chi connectivity index (χ2n) is 3.38. The summed E-state index contributed by atoms with van der Waals surface area (Å²) in [6.45, 7) is 2.05. The van der Waals surface area contributed by atoms with Crippen molar-refractivity contribution in [2.75, 3.05) is 0 Å². The van der Waals surface area contributed by atoms with Crippen molar-refractivity contribution in [2.24, 2.45) is 7.05 Å². The SMILES string of the molecule is Cc1cc(-c2n[nH]c(=S)n2C)ccc1Br. The highest BCUT2D eigenvalue weighted by Gasteiger charge is 2.06. The molecule has 0 radical (unpaired) electrons. The van der Waals surface area contributed by atoms with Gasteiger partial charge in [-0.2, -0.15) is 5.10 Å². The molecule has 0 atom stereocenters. The minimum Gasteiger partial charge on any atom is -0.303 e. The lowest BCUT2D eigenvalue weighted by Crippen LogP contribution is -1.92. The van der Waals surface area contributed by atoms with E-state index in [9.17, 15) is 0 Å². The Bertz CT molecular complexity index is 556. The molecular weight excluding hydrogens is 274 g/mol. The molecule has 0 bridgehead atoms. The fourth-order valence-electron chi connectivity index (χ4n) is 1.39. The van der Waals surface area contributed by atoms with Crippen molar-refractivity contribution >= 4 is 28.1 Å². The molecule has 3 nitrogen and oxygen atoms in total. The van der Waals surface area contributed by atoms with Crippen LogP contribution in [-0.2, 0) is 7.05 Å². The second-order valence-corrected chi connectivity index (χ2v) is 4.62. The fourth-order valence-corrected chi connectivity index (χ4v) is 1.77. The summed E-state index contributed by atoms with van der Waals surface area (Å²) >= 11 is 8.54. The fraction of sp³-hybridized carbons (Fsp3) is 0.200. The molecule has 15 heavy (non-hydrogen) atoms. The van der Waals surface area contributed by atoms with Gasteiger partial charge in [0.15, 0.2) is 10.6 Å². The first-order valence-corrected chi connectivity index (χ1v) is 5.67. The van der Waals surface area contributed by atoms with Crippen molar-refractivity contribution < 1.29 is 0 Å². The molecule has 78 valence electrons. The molecule has 2 rings (SSSR count). The molecule has 0 saturated carbocycles. The molecule has 1 N–H and O–H groups in total. The van der Waals surface area contributed by atoms with Gasteiger partial charge in [0.25, 0.3) is 0 Å². The van der Waals surface area contributed by atoms with Crippen LogP contribution >= 0.6 is 28.1 Å². The molecule has 0 saturated heterocycles. The average Bonchev–Trinajstić information content (AvgIpc) is 2.53. The summed E-state index contributed by atoms with van der Waals surface area (Å²) < 4.78 is 3.59. The number of aromatic amines is 1. The minimum atomic E-state index is 0.630. The number of nitrogens with one attached hydrogen (secondary N) is 1. The van der Waals surface area contributed by atoms with E-state index >= 15 is 0 Å². The Labute approximate surface area is 101 Å². The van der Waals surface area contributed by atoms with Crippen molar-refractivity contribution in [1.82, 2.24) is 14.8 Å². The maximum Gasteiger partial charge on any atom is 0.195 e. The van der Waals surface area contributed by atoms with Crippen LogP contribution in [0.15, 0.2) is 22.7 Å². The van der Waals surface area contributed by atoms with E-state index in [1.807, 2.05) is 23.7 Å². The van der Waals surface area contributed by atoms with Gasteiger partial charge in [-0.15, -0.1) is 0 Å². The molecule has 0 aliphatic carbocycles. The van der Waals surface area contributed by atoms with E-state index in [0.29, 0.717) is 4.77 Å². The lowest BCUT2D eigenvalue weighted by molar-refractivity contribution is 0.901. The quantitative estimate of drug-likeness (QED) is 0.816. The van der Waals surface area contributed by atoms with Crippen LogP contribution in [0, 0.1) is 11.7 Å². The number of rotatable bonds is 1. The van der Waals surface area contributed by atoms with Crippen LogP contribution in [0.4, 0.5) is 0 Å². The van der Waals surface area contributed by atoms with Gasteiger partial charge < -0.3 is 4.57 Å². The predicted molar refractivity (Wildman–Crippen MR) is 66.3 cm³/mol. The third-order valence-electron chi connectivity index (χ3n) is 2.30. The Kier molecular flexibility index (Phi) is 2.75. The van der Waals surface area contributed by atoms with Gasteiger partial charge in [0.1, 0.15) is 0 Å². The normalized spacial score (nSPS) is 10.6. The lowest BCUT2D eigenvalue weighted by Gasteiger charge is -2.03. The Morgan fingerprint density at radius 3 is 2.73 bits per heavy atom. The zero-order valence-corrected chi connectivity index (χ0v) is 10.8. The summed E-state index contributed by atoms with van der Waals surface area (Å²) in [7, 11) is 1.90. The van der Waals surface area contributed by atoms with Gasteiger partial charge in [0.2, 0.25) is 0 Å². The summed E-state index contributed by atoms with van der Waals surface area (Å²) in [4.78, 5) is 0. The Balaban J connectivity index is 2.59. The highest BCUT2D eigenvalue weighted by molar-refractivity contribution is 9.10. The number of halogens is 1. The van der Waals surface area contributed by atoms with Crippen LogP contribution in [0.3, 0.4) is 0 Å². The number of hydrogen-bond donors (Lipinski definition) is 1. The Morgan fingerprint density at radius 1 is 1.47 bits per heavy atom. The second kappa shape index (κ2) is 3.90. The first-order valence-electron chi connectivity index (χ1n) is 4.47. The average molecular weight is 284 g/mol. The number of hydrogen-bond acceptors (Lipinski definition) is 2. The molecule has 0 fully saturated rings. The van der Waals surface area contributed by atoms with Gasteiger partial charge in [-0.05, 0) is 36.8 Å². The van der Waals surface area contributed by atoms with E-state index < -0.39 is 0 Å². The van der Waals surface area contributed by atoms with Crippen molar-refractivity contribution in [3.05, 3.63) is 33.0 Å². The summed E-state index contributed by atoms with van der Waals surface area (Å²) in [5.74, 6) is 0.857. The third-order valence-corrected chi connectivity index (χ3v) is 3.55. The van der Waals surface area contributed by atoms with Crippen molar-refractivity contribution in [1.29, 1.82) is 0 Å². The van der Waals surface area contributed by atoms with E-state index in [2.05, 4.69) is 39.1 Å². The third kappa shape index (κ3) is 1.89. The van der Waals surface area contributed by atoms with Crippen LogP contribution in [-0.4, -0.2) is 14.8 Å².